The van der Waals surface area contributed by atoms with Gasteiger partial charge in [-0.05, 0) is 20.3 Å². The van der Waals surface area contributed by atoms with E-state index in [1.165, 1.54) is 0 Å². The van der Waals surface area contributed by atoms with E-state index < -0.39 is 5.79 Å². The largest absolute Gasteiger partial charge is 0.376 e. The molecule has 0 amide bonds. The minimum Gasteiger partial charge on any atom is -0.376 e. The van der Waals surface area contributed by atoms with Crippen LogP contribution in [0.25, 0.3) is 0 Å². The van der Waals surface area contributed by atoms with Crippen molar-refractivity contribution in [3.63, 3.8) is 0 Å². The van der Waals surface area contributed by atoms with E-state index in [2.05, 4.69) is 6.92 Å². The lowest BCUT2D eigenvalue weighted by molar-refractivity contribution is -0.216. The van der Waals surface area contributed by atoms with E-state index in [1.807, 2.05) is 13.8 Å². The van der Waals surface area contributed by atoms with Gasteiger partial charge in [0.15, 0.2) is 12.1 Å². The molecule has 0 aromatic rings. The molecule has 14 heavy (non-hydrogen) atoms. The Kier molecular flexibility index (Phi) is 2.55. The molecule has 1 unspecified atom stereocenters. The lowest BCUT2D eigenvalue weighted by Gasteiger charge is -2.24. The van der Waals surface area contributed by atoms with Crippen LogP contribution in [0.5, 0.6) is 0 Å². The molecule has 2 aliphatic heterocycles. The molecule has 2 heterocycles. The zero-order chi connectivity index (χ0) is 10.3. The van der Waals surface area contributed by atoms with Crippen LogP contribution in [0.2, 0.25) is 0 Å². The summed E-state index contributed by atoms with van der Waals surface area (Å²) in [5.41, 5.74) is 0. The summed E-state index contributed by atoms with van der Waals surface area (Å²) in [6.07, 6.45) is 0.649. The Hall–Kier alpha value is -0.160. The summed E-state index contributed by atoms with van der Waals surface area (Å²) in [4.78, 5) is 0. The number of methoxy groups -OCH3 is 1. The standard InChI is InChI=1S/C10H18O4/c1-5-6-7(11-4)8-9(12-6)14-10(2,3)13-8/h6-9H,5H2,1-4H3/t6-,7+,8?,9-/m1/s1. The lowest BCUT2D eigenvalue weighted by Crippen LogP contribution is -2.35. The van der Waals surface area contributed by atoms with Crippen molar-refractivity contribution in [2.75, 3.05) is 7.11 Å². The molecule has 0 bridgehead atoms. The van der Waals surface area contributed by atoms with Gasteiger partial charge in [-0.2, -0.15) is 0 Å². The van der Waals surface area contributed by atoms with Crippen LogP contribution in [0, 0.1) is 0 Å². The molecule has 4 heteroatoms. The summed E-state index contributed by atoms with van der Waals surface area (Å²) in [7, 11) is 1.69. The first-order valence-electron chi connectivity index (χ1n) is 5.11. The predicted octanol–water partition coefficient (Wildman–Crippen LogP) is 1.29. The van der Waals surface area contributed by atoms with E-state index >= 15 is 0 Å². The summed E-state index contributed by atoms with van der Waals surface area (Å²) in [6, 6.07) is 0. The molecular weight excluding hydrogens is 184 g/mol. The van der Waals surface area contributed by atoms with Gasteiger partial charge in [-0.15, -0.1) is 0 Å². The molecule has 0 spiro atoms. The van der Waals surface area contributed by atoms with Crippen LogP contribution in [-0.4, -0.2) is 37.5 Å². The fourth-order valence-electron chi connectivity index (χ4n) is 2.16. The van der Waals surface area contributed by atoms with Crippen molar-refractivity contribution in [2.45, 2.75) is 57.6 Å². The molecule has 82 valence electrons. The van der Waals surface area contributed by atoms with Gasteiger partial charge in [0.2, 0.25) is 0 Å². The Morgan fingerprint density at radius 2 is 2.00 bits per heavy atom. The molecule has 2 aliphatic rings. The lowest BCUT2D eigenvalue weighted by atomic mass is 10.1. The van der Waals surface area contributed by atoms with Crippen molar-refractivity contribution in [1.82, 2.24) is 0 Å². The van der Waals surface area contributed by atoms with E-state index in [9.17, 15) is 0 Å². The second-order valence-electron chi connectivity index (χ2n) is 4.25. The van der Waals surface area contributed by atoms with Gasteiger partial charge in [-0.1, -0.05) is 6.92 Å². The molecule has 0 N–H and O–H groups in total. The van der Waals surface area contributed by atoms with E-state index in [0.717, 1.165) is 6.42 Å². The first-order valence-corrected chi connectivity index (χ1v) is 5.11. The van der Waals surface area contributed by atoms with Gasteiger partial charge in [-0.25, -0.2) is 0 Å². The Bertz CT molecular complexity index is 216. The summed E-state index contributed by atoms with van der Waals surface area (Å²) in [5, 5.41) is 0. The highest BCUT2D eigenvalue weighted by atomic mass is 16.8. The van der Waals surface area contributed by atoms with Crippen LogP contribution >= 0.6 is 0 Å². The number of fused-ring (bicyclic) bond motifs is 1. The Morgan fingerprint density at radius 3 is 2.57 bits per heavy atom. The highest BCUT2D eigenvalue weighted by molar-refractivity contribution is 4.93. The molecule has 0 aromatic heterocycles. The molecule has 0 aliphatic carbocycles. The predicted molar refractivity (Wildman–Crippen MR) is 49.8 cm³/mol. The summed E-state index contributed by atoms with van der Waals surface area (Å²) in [5.74, 6) is -0.551. The maximum Gasteiger partial charge on any atom is 0.190 e. The van der Waals surface area contributed by atoms with Gasteiger partial charge in [0.25, 0.3) is 0 Å². The molecule has 2 saturated heterocycles. The van der Waals surface area contributed by atoms with Crippen molar-refractivity contribution in [3.05, 3.63) is 0 Å². The molecule has 0 radical (unpaired) electrons. The molecule has 2 rings (SSSR count). The molecular formula is C10H18O4. The molecule has 4 nitrogen and oxygen atoms in total. The van der Waals surface area contributed by atoms with Crippen molar-refractivity contribution in [1.29, 1.82) is 0 Å². The van der Waals surface area contributed by atoms with Crippen LogP contribution < -0.4 is 0 Å². The number of rotatable bonds is 2. The van der Waals surface area contributed by atoms with E-state index in [4.69, 9.17) is 18.9 Å². The second-order valence-corrected chi connectivity index (χ2v) is 4.25. The van der Waals surface area contributed by atoms with Crippen molar-refractivity contribution >= 4 is 0 Å². The first kappa shape index (κ1) is 10.4. The van der Waals surface area contributed by atoms with Gasteiger partial charge in [-0.3, -0.25) is 0 Å². The molecule has 0 saturated carbocycles. The van der Waals surface area contributed by atoms with Crippen molar-refractivity contribution in [3.8, 4) is 0 Å². The Labute approximate surface area is 84.5 Å². The Morgan fingerprint density at radius 1 is 1.29 bits per heavy atom. The minimum atomic E-state index is -0.551. The molecule has 4 atom stereocenters. The van der Waals surface area contributed by atoms with Crippen molar-refractivity contribution < 1.29 is 18.9 Å². The van der Waals surface area contributed by atoms with Crippen LogP contribution in [-0.2, 0) is 18.9 Å². The quantitative estimate of drug-likeness (QED) is 0.676. The van der Waals surface area contributed by atoms with Gasteiger partial charge in [0.1, 0.15) is 12.2 Å². The number of ether oxygens (including phenoxy) is 4. The van der Waals surface area contributed by atoms with E-state index in [0.29, 0.717) is 0 Å². The maximum atomic E-state index is 5.74. The zero-order valence-electron chi connectivity index (χ0n) is 9.15. The van der Waals surface area contributed by atoms with Gasteiger partial charge in [0, 0.05) is 7.11 Å². The minimum absolute atomic E-state index is 0.00762. The average molecular weight is 202 g/mol. The summed E-state index contributed by atoms with van der Waals surface area (Å²) in [6.45, 7) is 5.85. The monoisotopic (exact) mass is 202 g/mol. The summed E-state index contributed by atoms with van der Waals surface area (Å²) < 4.78 is 22.4. The third kappa shape index (κ3) is 1.56. The average Bonchev–Trinajstić information content (AvgIpc) is 2.55. The third-order valence-electron chi connectivity index (χ3n) is 2.76. The normalized spacial score (nSPS) is 45.4. The first-order chi connectivity index (χ1) is 6.57. The van der Waals surface area contributed by atoms with Crippen LogP contribution in [0.15, 0.2) is 0 Å². The number of hydrogen-bond acceptors (Lipinski definition) is 4. The molecule has 0 aromatic carbocycles. The van der Waals surface area contributed by atoms with E-state index in [-0.39, 0.29) is 24.6 Å². The van der Waals surface area contributed by atoms with Crippen molar-refractivity contribution in [2.24, 2.45) is 0 Å². The molecule has 2 fully saturated rings. The van der Waals surface area contributed by atoms with Gasteiger partial charge >= 0.3 is 0 Å². The summed E-state index contributed by atoms with van der Waals surface area (Å²) >= 11 is 0. The van der Waals surface area contributed by atoms with Gasteiger partial charge < -0.3 is 18.9 Å². The topological polar surface area (TPSA) is 36.9 Å². The smallest absolute Gasteiger partial charge is 0.190 e. The highest BCUT2D eigenvalue weighted by Crippen LogP contribution is 2.39. The SMILES string of the molecule is CC[C@H]1O[C@@H]2OC(C)(C)OC2[C@H]1OC. The fourth-order valence-corrected chi connectivity index (χ4v) is 2.16. The van der Waals surface area contributed by atoms with Crippen LogP contribution in [0.3, 0.4) is 0 Å². The maximum absolute atomic E-state index is 5.74. The van der Waals surface area contributed by atoms with Gasteiger partial charge in [0.05, 0.1) is 6.10 Å². The fraction of sp³-hybridized carbons (Fsp3) is 1.00. The Balaban J connectivity index is 2.09. The van der Waals surface area contributed by atoms with Crippen LogP contribution in [0.4, 0.5) is 0 Å². The van der Waals surface area contributed by atoms with Crippen LogP contribution in [0.1, 0.15) is 27.2 Å². The van der Waals surface area contributed by atoms with E-state index in [1.54, 1.807) is 7.11 Å². The second kappa shape index (κ2) is 3.45. The third-order valence-corrected chi connectivity index (χ3v) is 2.76. The number of hydrogen-bond donors (Lipinski definition) is 0. The highest BCUT2D eigenvalue weighted by Gasteiger charge is 2.54. The zero-order valence-corrected chi connectivity index (χ0v) is 9.15.